The summed E-state index contributed by atoms with van der Waals surface area (Å²) in [4.78, 5) is 0. The summed E-state index contributed by atoms with van der Waals surface area (Å²) < 4.78 is 49.9. The second-order valence-corrected chi connectivity index (χ2v) is 8.23. The van der Waals surface area contributed by atoms with Gasteiger partial charge in [-0.25, -0.2) is 0 Å². The zero-order valence-corrected chi connectivity index (χ0v) is 19.1. The Morgan fingerprint density at radius 1 is 0.742 bits per heavy atom. The number of ether oxygens (including phenoxy) is 2. The lowest BCUT2D eigenvalue weighted by Gasteiger charge is -2.35. The van der Waals surface area contributed by atoms with E-state index in [2.05, 4.69) is 6.92 Å². The fraction of sp³-hybridized carbons (Fsp3) is 0.538. The summed E-state index contributed by atoms with van der Waals surface area (Å²) in [5.74, 6) is -0.672. The third-order valence-corrected chi connectivity index (χ3v) is 6.15. The average Bonchev–Trinajstić information content (AvgIpc) is 2.78. The van der Waals surface area contributed by atoms with Crippen LogP contribution in [0.15, 0.2) is 48.5 Å². The van der Waals surface area contributed by atoms with E-state index in [9.17, 15) is 13.2 Å². The molecule has 0 amide bonds. The van der Waals surface area contributed by atoms with Crippen molar-refractivity contribution in [2.24, 2.45) is 0 Å². The molecule has 0 aliphatic rings. The van der Waals surface area contributed by atoms with E-state index in [0.29, 0.717) is 0 Å². The number of methoxy groups -OCH3 is 2. The Bertz CT molecular complexity index is 763. The molecule has 0 aromatic heterocycles. The largest absolute Gasteiger partial charge is 0.416 e. The maximum atomic E-state index is 12.8. The van der Waals surface area contributed by atoms with Gasteiger partial charge in [0.25, 0.3) is 0 Å². The third kappa shape index (κ3) is 7.08. The second kappa shape index (κ2) is 11.7. The number of halogens is 3. The number of benzene rings is 2. The van der Waals surface area contributed by atoms with Crippen LogP contribution in [0.25, 0.3) is 11.1 Å². The summed E-state index contributed by atoms with van der Waals surface area (Å²) in [5.41, 5.74) is 2.11. The third-order valence-electron chi connectivity index (χ3n) is 6.15. The van der Waals surface area contributed by atoms with Crippen LogP contribution in [0.5, 0.6) is 0 Å². The lowest BCUT2D eigenvalue weighted by Crippen LogP contribution is -2.37. The van der Waals surface area contributed by atoms with Crippen molar-refractivity contribution < 1.29 is 22.6 Å². The number of hydrogen-bond acceptors (Lipinski definition) is 2. The molecule has 2 aromatic carbocycles. The van der Waals surface area contributed by atoms with Gasteiger partial charge in [0.15, 0.2) is 5.79 Å². The molecule has 0 radical (unpaired) electrons. The second-order valence-electron chi connectivity index (χ2n) is 8.23. The van der Waals surface area contributed by atoms with Crippen molar-refractivity contribution in [1.29, 1.82) is 0 Å². The van der Waals surface area contributed by atoms with E-state index in [1.165, 1.54) is 44.2 Å². The Labute approximate surface area is 184 Å². The van der Waals surface area contributed by atoms with E-state index < -0.39 is 17.5 Å². The number of unbranched alkanes of at least 4 members (excludes halogenated alkanes) is 5. The van der Waals surface area contributed by atoms with Crippen molar-refractivity contribution in [3.8, 4) is 11.1 Å². The first-order valence-electron chi connectivity index (χ1n) is 11.1. The Hall–Kier alpha value is -1.85. The highest BCUT2D eigenvalue weighted by Crippen LogP contribution is 2.37. The zero-order valence-electron chi connectivity index (χ0n) is 19.1. The molecule has 0 bridgehead atoms. The first kappa shape index (κ1) is 25.4. The molecule has 0 spiro atoms. The van der Waals surface area contributed by atoms with Crippen LogP contribution in [-0.2, 0) is 15.7 Å². The van der Waals surface area contributed by atoms with Crippen LogP contribution in [0.3, 0.4) is 0 Å². The van der Waals surface area contributed by atoms with Crippen LogP contribution in [0.1, 0.15) is 75.8 Å². The van der Waals surface area contributed by atoms with E-state index >= 15 is 0 Å². The van der Waals surface area contributed by atoms with E-state index in [0.717, 1.165) is 41.7 Å². The standard InChI is InChI=1S/C26H35F3O2/c1-5-6-7-8-9-10-11-24(25(2,30-3)31-4)22-14-12-20(13-15-22)21-16-18-23(19-17-21)26(27,28)29/h12-19,24H,5-11H2,1-4H3. The quantitative estimate of drug-likeness (QED) is 0.246. The number of hydrogen-bond donors (Lipinski definition) is 0. The molecule has 1 atom stereocenters. The smallest absolute Gasteiger partial charge is 0.353 e. The van der Waals surface area contributed by atoms with Crippen LogP contribution < -0.4 is 0 Å². The summed E-state index contributed by atoms with van der Waals surface area (Å²) in [6, 6.07) is 13.3. The van der Waals surface area contributed by atoms with Gasteiger partial charge >= 0.3 is 6.18 Å². The summed E-state index contributed by atoms with van der Waals surface area (Å²) in [6.45, 7) is 4.17. The van der Waals surface area contributed by atoms with Gasteiger partial charge in [-0.2, -0.15) is 13.2 Å². The van der Waals surface area contributed by atoms with Gasteiger partial charge in [-0.1, -0.05) is 81.8 Å². The minimum absolute atomic E-state index is 0.0651. The fourth-order valence-electron chi connectivity index (χ4n) is 3.99. The Morgan fingerprint density at radius 3 is 1.71 bits per heavy atom. The van der Waals surface area contributed by atoms with E-state index in [1.54, 1.807) is 14.2 Å². The van der Waals surface area contributed by atoms with Crippen LogP contribution in [0, 0.1) is 0 Å². The predicted octanol–water partition coefficient (Wildman–Crippen LogP) is 8.22. The van der Waals surface area contributed by atoms with Crippen LogP contribution in [0.2, 0.25) is 0 Å². The van der Waals surface area contributed by atoms with Crippen molar-refractivity contribution in [2.75, 3.05) is 14.2 Å². The molecule has 172 valence electrons. The van der Waals surface area contributed by atoms with Gasteiger partial charge < -0.3 is 9.47 Å². The van der Waals surface area contributed by atoms with E-state index in [4.69, 9.17) is 9.47 Å². The lowest BCUT2D eigenvalue weighted by atomic mass is 9.85. The fourth-order valence-corrected chi connectivity index (χ4v) is 3.99. The predicted molar refractivity (Wildman–Crippen MR) is 120 cm³/mol. The topological polar surface area (TPSA) is 18.5 Å². The molecular weight excluding hydrogens is 401 g/mol. The number of alkyl halides is 3. The molecule has 1 unspecified atom stereocenters. The minimum atomic E-state index is -4.32. The van der Waals surface area contributed by atoms with Gasteiger partial charge in [-0.05, 0) is 42.2 Å². The van der Waals surface area contributed by atoms with Gasteiger partial charge in [-0.3, -0.25) is 0 Å². The maximum Gasteiger partial charge on any atom is 0.416 e. The molecular formula is C26H35F3O2. The lowest BCUT2D eigenvalue weighted by molar-refractivity contribution is -0.210. The highest BCUT2D eigenvalue weighted by Gasteiger charge is 2.35. The van der Waals surface area contributed by atoms with Crippen molar-refractivity contribution in [2.45, 2.75) is 76.7 Å². The Kier molecular flexibility index (Phi) is 9.57. The summed E-state index contributed by atoms with van der Waals surface area (Å²) in [5, 5.41) is 0. The Balaban J connectivity index is 2.15. The molecule has 0 fully saturated rings. The van der Waals surface area contributed by atoms with Gasteiger partial charge in [0, 0.05) is 20.1 Å². The monoisotopic (exact) mass is 436 g/mol. The maximum absolute atomic E-state index is 12.8. The van der Waals surface area contributed by atoms with Crippen LogP contribution in [0.4, 0.5) is 13.2 Å². The molecule has 0 heterocycles. The van der Waals surface area contributed by atoms with Crippen LogP contribution in [-0.4, -0.2) is 20.0 Å². The number of rotatable bonds is 12. The first-order valence-corrected chi connectivity index (χ1v) is 11.1. The molecule has 31 heavy (non-hydrogen) atoms. The van der Waals surface area contributed by atoms with Gasteiger partial charge in [-0.15, -0.1) is 0 Å². The minimum Gasteiger partial charge on any atom is -0.353 e. The molecule has 0 N–H and O–H groups in total. The van der Waals surface area contributed by atoms with E-state index in [-0.39, 0.29) is 5.92 Å². The van der Waals surface area contributed by atoms with Gasteiger partial charge in [0.2, 0.25) is 0 Å². The first-order chi connectivity index (χ1) is 14.7. The summed E-state index contributed by atoms with van der Waals surface area (Å²) in [7, 11) is 3.32. The van der Waals surface area contributed by atoms with Crippen LogP contribution >= 0.6 is 0 Å². The van der Waals surface area contributed by atoms with E-state index in [1.807, 2.05) is 31.2 Å². The molecule has 2 rings (SSSR count). The molecule has 0 saturated carbocycles. The SMILES string of the molecule is CCCCCCCCC(c1ccc(-c2ccc(C(F)(F)F)cc2)cc1)C(C)(OC)OC. The molecule has 2 aromatic rings. The average molecular weight is 437 g/mol. The molecule has 0 saturated heterocycles. The van der Waals surface area contributed by atoms with Gasteiger partial charge in [0.05, 0.1) is 5.56 Å². The molecule has 5 heteroatoms. The molecule has 2 nitrogen and oxygen atoms in total. The van der Waals surface area contributed by atoms with Gasteiger partial charge in [0.1, 0.15) is 0 Å². The highest BCUT2D eigenvalue weighted by atomic mass is 19.4. The van der Waals surface area contributed by atoms with Crippen molar-refractivity contribution in [1.82, 2.24) is 0 Å². The summed E-state index contributed by atoms with van der Waals surface area (Å²) in [6.07, 6.45) is 3.93. The molecule has 0 aliphatic heterocycles. The van der Waals surface area contributed by atoms with Crippen molar-refractivity contribution in [3.63, 3.8) is 0 Å². The Morgan fingerprint density at radius 2 is 1.23 bits per heavy atom. The molecule has 0 aliphatic carbocycles. The van der Waals surface area contributed by atoms with Crippen molar-refractivity contribution >= 4 is 0 Å². The highest BCUT2D eigenvalue weighted by molar-refractivity contribution is 5.64. The van der Waals surface area contributed by atoms with Crippen molar-refractivity contribution in [3.05, 3.63) is 59.7 Å². The normalized spacial score (nSPS) is 13.4. The zero-order chi connectivity index (χ0) is 22.9. The summed E-state index contributed by atoms with van der Waals surface area (Å²) >= 11 is 0.